The Labute approximate surface area is 710 Å². The number of carbonyl (C=O) groups is 5. The number of ether oxygens (including phenoxy) is 9. The summed E-state index contributed by atoms with van der Waals surface area (Å²) >= 11 is 17.4. The Hall–Kier alpha value is -8.16. The summed E-state index contributed by atoms with van der Waals surface area (Å²) in [6, 6.07) is 19.8. The fourth-order valence-corrected chi connectivity index (χ4v) is 17.4. The number of aryl methyl sites for hydroxylation is 5. The zero-order valence-electron chi connectivity index (χ0n) is 68.9. The molecule has 0 aliphatic carbocycles. The minimum absolute atomic E-state index is 0.0349. The first-order chi connectivity index (χ1) is 56.7. The molecule has 11 rings (SSSR count). The number of aromatic nitrogens is 7. The Bertz CT molecular complexity index is 4750. The van der Waals surface area contributed by atoms with Crippen molar-refractivity contribution in [2.75, 3.05) is 139 Å². The number of halogens is 2. The summed E-state index contributed by atoms with van der Waals surface area (Å²) in [5.41, 5.74) is 10.6. The molecule has 5 aromatic heterocycles. The molecule has 5 N–H and O–H groups in total. The lowest BCUT2D eigenvalue weighted by atomic mass is 9.85. The highest BCUT2D eigenvalue weighted by Gasteiger charge is 2.45. The molecule has 29 nitrogen and oxygen atoms in total. The summed E-state index contributed by atoms with van der Waals surface area (Å²) in [5, 5.41) is 43.6. The van der Waals surface area contributed by atoms with Gasteiger partial charge < -0.3 is 73.9 Å². The number of aliphatic imine (C=N–C) groups is 2. The largest absolute Gasteiger partial charge is 0.391 e. The molecule has 8 heterocycles. The van der Waals surface area contributed by atoms with Crippen LogP contribution in [0.5, 0.6) is 0 Å². The number of amides is 5. The number of aliphatic hydroxyl groups excluding tert-OH is 1. The van der Waals surface area contributed by atoms with E-state index in [1.807, 2.05) is 130 Å². The van der Waals surface area contributed by atoms with Crippen LogP contribution >= 0.6 is 57.2 Å². The second-order valence-corrected chi connectivity index (χ2v) is 34.9. The molecule has 3 aromatic carbocycles. The average Bonchev–Trinajstić information content (AvgIpc) is 1.59. The molecule has 1 saturated heterocycles. The van der Waals surface area contributed by atoms with Crippen molar-refractivity contribution < 1.29 is 71.7 Å². The van der Waals surface area contributed by atoms with Crippen LogP contribution in [0.25, 0.3) is 20.4 Å². The first kappa shape index (κ1) is 90.6. The fourth-order valence-electron chi connectivity index (χ4n) is 13.9. The van der Waals surface area contributed by atoms with Gasteiger partial charge in [-0.2, -0.15) is 0 Å². The van der Waals surface area contributed by atoms with Crippen molar-refractivity contribution in [1.29, 1.82) is 0 Å². The highest BCUT2D eigenvalue weighted by molar-refractivity contribution is 7.15. The minimum Gasteiger partial charge on any atom is -0.391 e. The topological polar surface area (TPSA) is 339 Å². The van der Waals surface area contributed by atoms with Crippen LogP contribution in [-0.4, -0.2) is 242 Å². The maximum atomic E-state index is 14.5. The summed E-state index contributed by atoms with van der Waals surface area (Å²) in [6.07, 6.45) is -0.132. The third-order valence-electron chi connectivity index (χ3n) is 20.3. The van der Waals surface area contributed by atoms with Gasteiger partial charge in [0.1, 0.15) is 52.4 Å². The van der Waals surface area contributed by atoms with Crippen LogP contribution in [-0.2, 0) is 73.1 Å². The number of nitrogens with zero attached hydrogens (tertiary/aromatic N) is 10. The van der Waals surface area contributed by atoms with Crippen molar-refractivity contribution in [3.05, 3.63) is 166 Å². The Morgan fingerprint density at radius 1 is 0.542 bits per heavy atom. The Kier molecular flexibility index (Phi) is 33.3. The van der Waals surface area contributed by atoms with Crippen molar-refractivity contribution in [3.63, 3.8) is 0 Å². The van der Waals surface area contributed by atoms with Gasteiger partial charge in [-0.05, 0) is 107 Å². The van der Waals surface area contributed by atoms with Crippen molar-refractivity contribution in [1.82, 2.24) is 60.7 Å². The number of aliphatic hydroxyl groups is 1. The van der Waals surface area contributed by atoms with Gasteiger partial charge in [-0.25, -0.2) is 4.98 Å². The molecule has 0 saturated carbocycles. The van der Waals surface area contributed by atoms with E-state index >= 15 is 0 Å². The SMILES string of the molecule is Cc1ncsc1-c1ccc(CNC(=O)[C@@H]2C[C@@H](O)CN2C(=O)[C@@H](NC(=O)COCC(C)(COCCOCCOCCCOCCNC(=O)C[C@@H]2N=C(c3ccc(Cl)cc3)c3c(sc(C)c3C)-n3c(C)nnc32)COCCOCCOCCOCCNC(=O)C[C@@H]2N=C(c3ccc(Cl)cc3)c3c(sc(C)c3C)-n3c(C)nnc32)C(C)(C)C)cc1. The van der Waals surface area contributed by atoms with Gasteiger partial charge in [0.15, 0.2) is 11.6 Å². The number of hydrogen-bond acceptors (Lipinski definition) is 25. The van der Waals surface area contributed by atoms with Crippen LogP contribution in [0.1, 0.15) is 143 Å². The third kappa shape index (κ3) is 24.4. The average molecular weight is 1720 g/mol. The lowest BCUT2D eigenvalue weighted by Crippen LogP contribution is -2.58. The number of rotatable bonds is 45. The van der Waals surface area contributed by atoms with Crippen LogP contribution in [0.4, 0.5) is 0 Å². The monoisotopic (exact) mass is 1720 g/mol. The van der Waals surface area contributed by atoms with Gasteiger partial charge in [0.2, 0.25) is 29.5 Å². The summed E-state index contributed by atoms with van der Waals surface area (Å²) < 4.78 is 57.2. The summed E-state index contributed by atoms with van der Waals surface area (Å²) in [6.45, 7) is 26.6. The van der Waals surface area contributed by atoms with Crippen LogP contribution in [0.2, 0.25) is 10.0 Å². The molecule has 6 atom stereocenters. The number of fused-ring (bicyclic) bond motifs is 6. The molecule has 8 aromatic rings. The van der Waals surface area contributed by atoms with E-state index in [9.17, 15) is 29.1 Å². The second-order valence-electron chi connectivity index (χ2n) is 30.8. The van der Waals surface area contributed by atoms with E-state index in [0.29, 0.717) is 99.9 Å². The molecule has 1 unspecified atom stereocenters. The van der Waals surface area contributed by atoms with Crippen LogP contribution in [0.15, 0.2) is 88.3 Å². The number of benzene rings is 3. The molecule has 5 amide bonds. The van der Waals surface area contributed by atoms with E-state index in [2.05, 4.69) is 74.3 Å². The van der Waals surface area contributed by atoms with Gasteiger partial charge in [0, 0.05) is 93.3 Å². The molecule has 0 spiro atoms. The maximum absolute atomic E-state index is 14.5. The van der Waals surface area contributed by atoms with E-state index < -0.39 is 65.4 Å². The number of nitrogens with one attached hydrogen (secondary N) is 4. The van der Waals surface area contributed by atoms with Crippen molar-refractivity contribution in [3.8, 4) is 20.4 Å². The second kappa shape index (κ2) is 43.4. The Morgan fingerprint density at radius 2 is 0.983 bits per heavy atom. The highest BCUT2D eigenvalue weighted by Crippen LogP contribution is 2.42. The minimum atomic E-state index is -1.07. The molecule has 118 heavy (non-hydrogen) atoms. The molecule has 34 heteroatoms. The number of likely N-dealkylation sites (tertiary alicyclic amines) is 1. The van der Waals surface area contributed by atoms with E-state index in [1.54, 1.807) is 39.5 Å². The van der Waals surface area contributed by atoms with Gasteiger partial charge in [0.05, 0.1) is 146 Å². The van der Waals surface area contributed by atoms with Crippen molar-refractivity contribution >= 4 is 98.2 Å². The lowest BCUT2D eigenvalue weighted by Gasteiger charge is -2.35. The molecule has 0 radical (unpaired) electrons. The quantitative estimate of drug-likeness (QED) is 0.0221. The number of β-amino-alcohol motifs (C(OH)–C–C–N with tert-alkyl or cyclic N) is 1. The summed E-state index contributed by atoms with van der Waals surface area (Å²) in [5.74, 6) is 0.793. The first-order valence-corrected chi connectivity index (χ1v) is 43.0. The molecule has 636 valence electrons. The highest BCUT2D eigenvalue weighted by atomic mass is 35.5. The van der Waals surface area contributed by atoms with E-state index in [0.717, 1.165) is 92.1 Å². The number of hydrogen-bond donors (Lipinski definition) is 5. The molecule has 3 aliphatic rings. The van der Waals surface area contributed by atoms with Crippen LogP contribution < -0.4 is 21.3 Å². The van der Waals surface area contributed by atoms with Gasteiger partial charge in [-0.1, -0.05) is 99.4 Å². The summed E-state index contributed by atoms with van der Waals surface area (Å²) in [7, 11) is 0. The zero-order valence-corrected chi connectivity index (χ0v) is 72.9. The van der Waals surface area contributed by atoms with Crippen LogP contribution in [0.3, 0.4) is 0 Å². The first-order valence-electron chi connectivity index (χ1n) is 39.8. The smallest absolute Gasteiger partial charge is 0.246 e. The van der Waals surface area contributed by atoms with Gasteiger partial charge in [0.25, 0.3) is 0 Å². The zero-order chi connectivity index (χ0) is 84.0. The van der Waals surface area contributed by atoms with Crippen molar-refractivity contribution in [2.45, 2.75) is 139 Å². The lowest BCUT2D eigenvalue weighted by molar-refractivity contribution is -0.145. The van der Waals surface area contributed by atoms with Gasteiger partial charge >= 0.3 is 0 Å². The predicted molar refractivity (Wildman–Crippen MR) is 454 cm³/mol. The molecule has 1 fully saturated rings. The summed E-state index contributed by atoms with van der Waals surface area (Å²) in [4.78, 5) is 88.5. The Morgan fingerprint density at radius 3 is 1.45 bits per heavy atom. The molecule has 3 aliphatic heterocycles. The number of thiophene rings is 2. The molecular formula is C84H108Cl2N14O15S3. The number of thiazole rings is 1. The Balaban J connectivity index is 0.580. The standard InChI is InChI=1S/C84H108Cl2N14O15S3/c1-51-54(4)117-81-71(51)73(59-17-21-62(85)22-18-59)91-65(77-96-94-56(6)99(77)81)42-68(102)87-25-29-107-27-12-28-108-31-33-111-37-39-113-47-84(11,49-115-46-70(104)93-76(83(8,9)10)80(106)98-45-64(101)41-67(98)79(105)89-44-58-13-15-61(16-14-58)75-53(3)90-50-116-75)48-114-40-38-112-36-35-110-34-32-109-30-26-88-69(103)43-66-78-97-95-57(7)100(78)82-72(52(2)55(5)118-82)74(92-66)60-19-23-63(86)24-20-60/h13-24,50,64-67,76,101H,12,25-49H2,1-11H3,(H,87,102)(H,88,103)(H,89,105)(H,93,104)/t64-,65+,66+,67+,76-,84?/m1/s1. The van der Waals surface area contributed by atoms with Gasteiger partial charge in [-0.3, -0.25) is 43.1 Å². The fraction of sp³-hybridized carbons (Fsp3) is 0.524. The van der Waals surface area contributed by atoms with Crippen molar-refractivity contribution in [2.24, 2.45) is 20.8 Å². The number of carbonyl (C=O) groups excluding carboxylic acids is 5. The maximum Gasteiger partial charge on any atom is 0.246 e. The van der Waals surface area contributed by atoms with E-state index in [-0.39, 0.29) is 104 Å². The molecule has 0 bridgehead atoms. The predicted octanol–water partition coefficient (Wildman–Crippen LogP) is 10.4. The normalized spacial score (nSPS) is 16.5. The third-order valence-corrected chi connectivity index (χ3v) is 24.2. The molecular weight excluding hydrogens is 1610 g/mol. The van der Waals surface area contributed by atoms with E-state index in [1.165, 1.54) is 4.90 Å². The van der Waals surface area contributed by atoms with E-state index in [4.69, 9.17) is 75.8 Å². The van der Waals surface area contributed by atoms with Gasteiger partial charge in [-0.15, -0.1) is 54.4 Å². The van der Waals surface area contributed by atoms with Crippen LogP contribution in [0, 0.1) is 59.3 Å².